The maximum Gasteiger partial charge on any atom is 0.180 e. The van der Waals surface area contributed by atoms with Crippen LogP contribution in [0.5, 0.6) is 0 Å². The molecule has 4 N–H and O–H groups in total. The molecule has 1 atom stereocenters. The zero-order valence-corrected chi connectivity index (χ0v) is 7.83. The molecule has 0 radical (unpaired) electrons. The van der Waals surface area contributed by atoms with Crippen molar-refractivity contribution in [1.29, 1.82) is 0 Å². The molecule has 0 aromatic heterocycles. The summed E-state index contributed by atoms with van der Waals surface area (Å²) >= 11 is 0. The Balaban J connectivity index is 2.00. The Morgan fingerprint density at radius 3 is 3.14 bits per heavy atom. The number of benzene rings is 1. The number of nitrogens with zero attached hydrogens (tertiary/aromatic N) is 1. The molecule has 2 heterocycles. The molecule has 2 aliphatic heterocycles. The van der Waals surface area contributed by atoms with E-state index in [0.29, 0.717) is 0 Å². The van der Waals surface area contributed by atoms with E-state index in [2.05, 4.69) is 27.0 Å². The second kappa shape index (κ2) is 2.80. The van der Waals surface area contributed by atoms with Gasteiger partial charge in [0.1, 0.15) is 13.2 Å². The predicted octanol–water partition coefficient (Wildman–Crippen LogP) is -0.365. The van der Waals surface area contributed by atoms with E-state index in [9.17, 15) is 0 Å². The normalized spacial score (nSPS) is 28.9. The Hall–Kier alpha value is -1.39. The lowest BCUT2D eigenvalue weighted by Crippen LogP contribution is -2.83. The average molecular weight is 189 g/mol. The van der Waals surface area contributed by atoms with E-state index in [0.717, 1.165) is 24.6 Å². The van der Waals surface area contributed by atoms with Crippen molar-refractivity contribution in [2.45, 2.75) is 5.66 Å². The summed E-state index contributed by atoms with van der Waals surface area (Å²) in [5, 5.41) is 9.11. The topological polar surface area (TPSA) is 53.0 Å². The van der Waals surface area contributed by atoms with Crippen molar-refractivity contribution in [2.24, 2.45) is 4.99 Å². The lowest BCUT2D eigenvalue weighted by atomic mass is 10.1. The summed E-state index contributed by atoms with van der Waals surface area (Å²) in [6.07, 6.45) is 1.97. The van der Waals surface area contributed by atoms with Crippen LogP contribution in [0.15, 0.2) is 29.3 Å². The number of nitrogens with one attached hydrogen (secondary N) is 2. The number of fused-ring (bicyclic) bond motifs is 1. The van der Waals surface area contributed by atoms with Gasteiger partial charge in [0.15, 0.2) is 5.66 Å². The zero-order valence-electron chi connectivity index (χ0n) is 7.83. The summed E-state index contributed by atoms with van der Waals surface area (Å²) in [6, 6.07) is 8.11. The van der Waals surface area contributed by atoms with Gasteiger partial charge in [-0.2, -0.15) is 0 Å². The lowest BCUT2D eigenvalue weighted by molar-refractivity contribution is -0.638. The van der Waals surface area contributed by atoms with E-state index < -0.39 is 0 Å². The van der Waals surface area contributed by atoms with Gasteiger partial charge >= 0.3 is 0 Å². The first-order valence-corrected chi connectivity index (χ1v) is 4.87. The maximum absolute atomic E-state index is 4.46. The minimum atomic E-state index is -0.131. The van der Waals surface area contributed by atoms with Crippen molar-refractivity contribution in [1.82, 2.24) is 5.32 Å². The van der Waals surface area contributed by atoms with E-state index >= 15 is 0 Å². The third-order valence-corrected chi connectivity index (χ3v) is 2.71. The molecule has 1 saturated heterocycles. The number of hydrogen-bond acceptors (Lipinski definition) is 3. The van der Waals surface area contributed by atoms with Crippen LogP contribution in [0.3, 0.4) is 0 Å². The predicted molar refractivity (Wildman–Crippen MR) is 55.7 cm³/mol. The van der Waals surface area contributed by atoms with Crippen LogP contribution in [0.4, 0.5) is 11.4 Å². The fourth-order valence-electron chi connectivity index (χ4n) is 1.96. The van der Waals surface area contributed by atoms with Crippen molar-refractivity contribution in [2.75, 3.05) is 18.5 Å². The van der Waals surface area contributed by atoms with Gasteiger partial charge in [-0.05, 0) is 12.1 Å². The van der Waals surface area contributed by atoms with Gasteiger partial charge in [0.05, 0.1) is 17.6 Å². The van der Waals surface area contributed by atoms with Gasteiger partial charge in [-0.3, -0.25) is 4.99 Å². The van der Waals surface area contributed by atoms with Gasteiger partial charge in [0, 0.05) is 0 Å². The smallest absolute Gasteiger partial charge is 0.180 e. The Bertz CT molecular complexity index is 379. The molecule has 1 aromatic carbocycles. The highest BCUT2D eigenvalue weighted by molar-refractivity contribution is 5.86. The second-order valence-corrected chi connectivity index (χ2v) is 3.75. The number of hydrogen-bond donors (Lipinski definition) is 3. The van der Waals surface area contributed by atoms with E-state index in [1.54, 1.807) is 0 Å². The molecule has 1 unspecified atom stereocenters. The number of rotatable bonds is 0. The first kappa shape index (κ1) is 7.96. The Morgan fingerprint density at radius 2 is 2.29 bits per heavy atom. The highest BCUT2D eigenvalue weighted by Gasteiger charge is 2.37. The van der Waals surface area contributed by atoms with Crippen molar-refractivity contribution in [3.63, 3.8) is 0 Å². The van der Waals surface area contributed by atoms with Gasteiger partial charge in [-0.25, -0.2) is 5.32 Å². The molecule has 1 spiro atoms. The van der Waals surface area contributed by atoms with Crippen LogP contribution in [0.2, 0.25) is 0 Å². The molecule has 0 bridgehead atoms. The standard InChI is InChI=1S/C10H12N4/c1-2-4-9-8(3-1)12-6-10(14-9)5-11-7-13-10/h1-4,6,11,13-14H,5,7H2/p+1. The Labute approximate surface area is 82.4 Å². The molecule has 1 fully saturated rings. The summed E-state index contributed by atoms with van der Waals surface area (Å²) in [7, 11) is 0. The van der Waals surface area contributed by atoms with E-state index in [1.165, 1.54) is 0 Å². The van der Waals surface area contributed by atoms with Gasteiger partial charge in [0.2, 0.25) is 0 Å². The molecule has 3 rings (SSSR count). The second-order valence-electron chi connectivity index (χ2n) is 3.75. The largest absolute Gasteiger partial charge is 0.356 e. The maximum atomic E-state index is 4.46. The monoisotopic (exact) mass is 189 g/mol. The fourth-order valence-corrected chi connectivity index (χ4v) is 1.96. The van der Waals surface area contributed by atoms with E-state index in [1.807, 2.05) is 24.4 Å². The van der Waals surface area contributed by atoms with Crippen LogP contribution in [0.1, 0.15) is 0 Å². The molecule has 2 aliphatic rings. The number of anilines is 1. The highest BCUT2D eigenvalue weighted by atomic mass is 15.3. The average Bonchev–Trinajstić information content (AvgIpc) is 2.66. The van der Waals surface area contributed by atoms with Crippen LogP contribution >= 0.6 is 0 Å². The number of aliphatic imine (C=N–C) groups is 1. The Morgan fingerprint density at radius 1 is 1.36 bits per heavy atom. The van der Waals surface area contributed by atoms with Crippen LogP contribution < -0.4 is 16.0 Å². The summed E-state index contributed by atoms with van der Waals surface area (Å²) < 4.78 is 0. The van der Waals surface area contributed by atoms with Gasteiger partial charge in [-0.1, -0.05) is 12.1 Å². The molecule has 0 aliphatic carbocycles. The number of nitrogens with two attached hydrogens (primary N) is 1. The number of quaternary nitrogens is 1. The minimum Gasteiger partial charge on any atom is -0.356 e. The molecule has 14 heavy (non-hydrogen) atoms. The van der Waals surface area contributed by atoms with Crippen molar-refractivity contribution < 1.29 is 5.32 Å². The van der Waals surface area contributed by atoms with Crippen LogP contribution in [0.25, 0.3) is 0 Å². The third kappa shape index (κ3) is 1.12. The Kier molecular flexibility index (Phi) is 1.59. The van der Waals surface area contributed by atoms with Crippen molar-refractivity contribution in [3.05, 3.63) is 24.3 Å². The summed E-state index contributed by atoms with van der Waals surface area (Å²) in [5.74, 6) is 0. The van der Waals surface area contributed by atoms with Crippen molar-refractivity contribution >= 4 is 17.6 Å². The van der Waals surface area contributed by atoms with Crippen LogP contribution in [-0.2, 0) is 0 Å². The fraction of sp³-hybridized carbons (Fsp3) is 0.300. The van der Waals surface area contributed by atoms with Gasteiger partial charge in [0.25, 0.3) is 0 Å². The minimum absolute atomic E-state index is 0.131. The highest BCUT2D eigenvalue weighted by Crippen LogP contribution is 2.29. The van der Waals surface area contributed by atoms with E-state index in [-0.39, 0.29) is 5.66 Å². The summed E-state index contributed by atoms with van der Waals surface area (Å²) in [4.78, 5) is 4.46. The molecule has 0 amide bonds. The number of para-hydroxylation sites is 2. The van der Waals surface area contributed by atoms with Crippen LogP contribution in [-0.4, -0.2) is 25.1 Å². The third-order valence-electron chi connectivity index (χ3n) is 2.71. The molecule has 4 nitrogen and oxygen atoms in total. The van der Waals surface area contributed by atoms with Gasteiger partial charge in [-0.15, -0.1) is 0 Å². The molecular formula is C10H13N4+. The SMILES string of the molecule is C1=Nc2ccccc2NC12C[NH2+]CN2. The molecular weight excluding hydrogens is 176 g/mol. The molecule has 4 heteroatoms. The molecule has 72 valence electrons. The summed E-state index contributed by atoms with van der Waals surface area (Å²) in [5.41, 5.74) is 2.00. The van der Waals surface area contributed by atoms with Crippen LogP contribution in [0, 0.1) is 0 Å². The zero-order chi connectivity index (χ0) is 9.43. The lowest BCUT2D eigenvalue weighted by Gasteiger charge is -2.28. The van der Waals surface area contributed by atoms with Gasteiger partial charge < -0.3 is 10.6 Å². The summed E-state index contributed by atoms with van der Waals surface area (Å²) in [6.45, 7) is 1.94. The van der Waals surface area contributed by atoms with Crippen molar-refractivity contribution in [3.8, 4) is 0 Å². The molecule has 0 saturated carbocycles. The van der Waals surface area contributed by atoms with E-state index in [4.69, 9.17) is 0 Å². The first-order chi connectivity index (χ1) is 6.88. The first-order valence-electron chi connectivity index (χ1n) is 4.87. The quantitative estimate of drug-likeness (QED) is 0.522. The molecule has 1 aromatic rings.